The van der Waals surface area contributed by atoms with Gasteiger partial charge in [-0.2, -0.15) is 0 Å². The molecule has 2 saturated carbocycles. The number of carbonyl (C=O) groups is 3. The summed E-state index contributed by atoms with van der Waals surface area (Å²) in [5.41, 5.74) is -0.875. The molecule has 2 bridgehead atoms. The molecule has 6 heteroatoms. The second-order valence-corrected chi connectivity index (χ2v) is 9.51. The van der Waals surface area contributed by atoms with Crippen LogP contribution in [0, 0.1) is 17.8 Å². The Morgan fingerprint density at radius 2 is 1.96 bits per heavy atom. The maximum atomic E-state index is 12.8. The number of unbranched alkanes of at least 4 members (excludes halogenated alkanes) is 4. The zero-order valence-electron chi connectivity index (χ0n) is 17.8. The van der Waals surface area contributed by atoms with Crippen LogP contribution in [0.25, 0.3) is 0 Å². The van der Waals surface area contributed by atoms with Gasteiger partial charge in [0.1, 0.15) is 12.1 Å². The van der Waals surface area contributed by atoms with Crippen molar-refractivity contribution in [2.45, 2.75) is 96.6 Å². The summed E-state index contributed by atoms with van der Waals surface area (Å²) in [6.45, 7) is 5.84. The number of carbonyl (C=O) groups excluding carboxylic acids is 3. The lowest BCUT2D eigenvalue weighted by Crippen LogP contribution is -2.47. The van der Waals surface area contributed by atoms with E-state index in [9.17, 15) is 14.4 Å². The van der Waals surface area contributed by atoms with Crippen molar-refractivity contribution in [1.82, 2.24) is 15.5 Å². The molecule has 3 aliphatic rings. The number of nitrogens with zero attached hydrogens (tertiary/aromatic N) is 1. The van der Waals surface area contributed by atoms with Crippen LogP contribution < -0.4 is 10.6 Å². The van der Waals surface area contributed by atoms with Gasteiger partial charge in [-0.1, -0.05) is 45.4 Å². The highest BCUT2D eigenvalue weighted by Crippen LogP contribution is 2.49. The van der Waals surface area contributed by atoms with Gasteiger partial charge in [-0.3, -0.25) is 14.5 Å². The molecule has 3 fully saturated rings. The lowest BCUT2D eigenvalue weighted by molar-refractivity contribution is -0.135. The Labute approximate surface area is 169 Å². The maximum absolute atomic E-state index is 12.8. The standard InChI is InChI=1S/C22H37N3O3/c1-4-5-6-7-8-11-22(3)20(27)25(21(28)24-22)14-19(26)23-15(2)18-13-16-9-10-17(18)12-16/h15-18H,4-14H2,1-3H3,(H,23,26)(H,24,28)/t15-,16-,17-,18-,22-/m0/s1. The van der Waals surface area contributed by atoms with Crippen LogP contribution in [0.1, 0.15) is 85.0 Å². The molecule has 0 aromatic carbocycles. The molecule has 1 heterocycles. The molecule has 0 unspecified atom stereocenters. The summed E-state index contributed by atoms with van der Waals surface area (Å²) < 4.78 is 0. The smallest absolute Gasteiger partial charge is 0.325 e. The number of fused-ring (bicyclic) bond motifs is 2. The van der Waals surface area contributed by atoms with Crippen molar-refractivity contribution in [3.63, 3.8) is 0 Å². The number of hydrogen-bond acceptors (Lipinski definition) is 3. The van der Waals surface area contributed by atoms with Gasteiger partial charge in [-0.25, -0.2) is 4.79 Å². The van der Waals surface area contributed by atoms with E-state index >= 15 is 0 Å². The number of urea groups is 1. The third-order valence-corrected chi connectivity index (χ3v) is 7.25. The van der Waals surface area contributed by atoms with Gasteiger partial charge in [0.25, 0.3) is 5.91 Å². The molecule has 1 aliphatic heterocycles. The Bertz CT molecular complexity index is 608. The second kappa shape index (κ2) is 8.83. The Morgan fingerprint density at radius 3 is 2.61 bits per heavy atom. The van der Waals surface area contributed by atoms with Gasteiger partial charge >= 0.3 is 6.03 Å². The number of amides is 4. The lowest BCUT2D eigenvalue weighted by Gasteiger charge is -2.29. The lowest BCUT2D eigenvalue weighted by atomic mass is 9.84. The Hall–Kier alpha value is -1.59. The highest BCUT2D eigenvalue weighted by atomic mass is 16.2. The fourth-order valence-corrected chi connectivity index (χ4v) is 5.60. The van der Waals surface area contributed by atoms with E-state index in [4.69, 9.17) is 0 Å². The maximum Gasteiger partial charge on any atom is 0.325 e. The van der Waals surface area contributed by atoms with E-state index in [1.165, 1.54) is 38.5 Å². The predicted molar refractivity (Wildman–Crippen MR) is 109 cm³/mol. The third kappa shape index (κ3) is 4.52. The molecule has 2 aliphatic carbocycles. The highest BCUT2D eigenvalue weighted by molar-refractivity contribution is 6.08. The molecule has 1 saturated heterocycles. The predicted octanol–water partition coefficient (Wildman–Crippen LogP) is 3.60. The monoisotopic (exact) mass is 391 g/mol. The van der Waals surface area contributed by atoms with Crippen LogP contribution in [-0.2, 0) is 9.59 Å². The summed E-state index contributed by atoms with van der Waals surface area (Å²) in [5.74, 6) is 1.60. The Balaban J connectivity index is 1.47. The van der Waals surface area contributed by atoms with Gasteiger partial charge in [-0.15, -0.1) is 0 Å². The first-order chi connectivity index (χ1) is 13.3. The van der Waals surface area contributed by atoms with Crippen molar-refractivity contribution in [2.75, 3.05) is 6.54 Å². The summed E-state index contributed by atoms with van der Waals surface area (Å²) in [6.07, 6.45) is 11.2. The van der Waals surface area contributed by atoms with Crippen LogP contribution in [0.2, 0.25) is 0 Å². The Morgan fingerprint density at radius 1 is 1.21 bits per heavy atom. The van der Waals surface area contributed by atoms with Gasteiger partial charge < -0.3 is 10.6 Å². The van der Waals surface area contributed by atoms with E-state index in [0.29, 0.717) is 12.3 Å². The second-order valence-electron chi connectivity index (χ2n) is 9.51. The van der Waals surface area contributed by atoms with Gasteiger partial charge in [0.15, 0.2) is 0 Å². The zero-order chi connectivity index (χ0) is 20.3. The normalized spacial score (nSPS) is 32.7. The number of imide groups is 1. The van der Waals surface area contributed by atoms with Crippen molar-refractivity contribution >= 4 is 17.8 Å². The SMILES string of the molecule is CCCCCCC[C@]1(C)NC(=O)N(CC(=O)N[C@@H](C)[C@@H]2C[C@H]3CC[C@H]2C3)C1=O. The van der Waals surface area contributed by atoms with Gasteiger partial charge in [-0.05, 0) is 57.3 Å². The minimum atomic E-state index is -0.875. The zero-order valence-corrected chi connectivity index (χ0v) is 17.8. The van der Waals surface area contributed by atoms with Gasteiger partial charge in [0, 0.05) is 6.04 Å². The van der Waals surface area contributed by atoms with E-state index in [2.05, 4.69) is 24.5 Å². The molecular formula is C22H37N3O3. The summed E-state index contributed by atoms with van der Waals surface area (Å²) in [7, 11) is 0. The topological polar surface area (TPSA) is 78.5 Å². The molecule has 158 valence electrons. The Kier molecular flexibility index (Phi) is 6.66. The number of nitrogens with one attached hydrogen (secondary N) is 2. The van der Waals surface area contributed by atoms with Crippen LogP contribution in [-0.4, -0.2) is 40.9 Å². The molecule has 2 N–H and O–H groups in total. The van der Waals surface area contributed by atoms with E-state index < -0.39 is 11.6 Å². The van der Waals surface area contributed by atoms with Crippen LogP contribution in [0.4, 0.5) is 4.79 Å². The quantitative estimate of drug-likeness (QED) is 0.441. The van der Waals surface area contributed by atoms with Gasteiger partial charge in [0.05, 0.1) is 0 Å². The van der Waals surface area contributed by atoms with Crippen molar-refractivity contribution in [1.29, 1.82) is 0 Å². The molecule has 0 radical (unpaired) electrons. The molecular weight excluding hydrogens is 354 g/mol. The molecule has 0 aromatic rings. The van der Waals surface area contributed by atoms with Crippen LogP contribution in [0.15, 0.2) is 0 Å². The van der Waals surface area contributed by atoms with Gasteiger partial charge in [0.2, 0.25) is 5.91 Å². The van der Waals surface area contributed by atoms with E-state index in [1.54, 1.807) is 6.92 Å². The molecule has 3 rings (SSSR count). The first-order valence-corrected chi connectivity index (χ1v) is 11.3. The largest absolute Gasteiger partial charge is 0.352 e. The van der Waals surface area contributed by atoms with Crippen LogP contribution in [0.3, 0.4) is 0 Å². The molecule has 28 heavy (non-hydrogen) atoms. The average molecular weight is 392 g/mol. The first-order valence-electron chi connectivity index (χ1n) is 11.3. The van der Waals surface area contributed by atoms with Crippen LogP contribution in [0.5, 0.6) is 0 Å². The summed E-state index contributed by atoms with van der Waals surface area (Å²) in [6, 6.07) is -0.336. The molecule has 5 atom stereocenters. The van der Waals surface area contributed by atoms with Crippen molar-refractivity contribution in [3.05, 3.63) is 0 Å². The van der Waals surface area contributed by atoms with Crippen molar-refractivity contribution in [3.8, 4) is 0 Å². The number of hydrogen-bond donors (Lipinski definition) is 2. The minimum Gasteiger partial charge on any atom is -0.352 e. The van der Waals surface area contributed by atoms with Crippen molar-refractivity contribution in [2.24, 2.45) is 17.8 Å². The minimum absolute atomic E-state index is 0.105. The summed E-state index contributed by atoms with van der Waals surface area (Å²) >= 11 is 0. The summed E-state index contributed by atoms with van der Waals surface area (Å²) in [5, 5.41) is 5.87. The van der Waals surface area contributed by atoms with E-state index in [1.807, 2.05) is 0 Å². The molecule has 6 nitrogen and oxygen atoms in total. The molecule has 0 aromatic heterocycles. The fraction of sp³-hybridized carbons (Fsp3) is 0.864. The van der Waals surface area contributed by atoms with Crippen molar-refractivity contribution < 1.29 is 14.4 Å². The van der Waals surface area contributed by atoms with E-state index in [-0.39, 0.29) is 24.4 Å². The highest BCUT2D eigenvalue weighted by Gasteiger charge is 2.48. The average Bonchev–Trinajstić information content (AvgIpc) is 3.33. The summed E-state index contributed by atoms with van der Waals surface area (Å²) in [4.78, 5) is 38.7. The van der Waals surface area contributed by atoms with Crippen LogP contribution >= 0.6 is 0 Å². The molecule has 4 amide bonds. The fourth-order valence-electron chi connectivity index (χ4n) is 5.60. The molecule has 0 spiro atoms. The first kappa shape index (κ1) is 21.1. The third-order valence-electron chi connectivity index (χ3n) is 7.25. The number of rotatable bonds is 10. The van der Waals surface area contributed by atoms with E-state index in [0.717, 1.165) is 36.0 Å².